The molecule has 0 N–H and O–H groups in total. The van der Waals surface area contributed by atoms with E-state index in [4.69, 9.17) is 0 Å². The van der Waals surface area contributed by atoms with Crippen LogP contribution in [0.5, 0.6) is 0 Å². The van der Waals surface area contributed by atoms with Gasteiger partial charge in [0.25, 0.3) is 5.56 Å². The normalized spacial score (nSPS) is 10.6. The lowest BCUT2D eigenvalue weighted by atomic mass is 10.6. The maximum absolute atomic E-state index is 11.3. The average Bonchev–Trinajstić information content (AvgIpc) is 2.45. The number of hydrogen-bond acceptors (Lipinski definition) is 3. The third kappa shape index (κ3) is 1.00. The minimum atomic E-state index is -0.0590. The highest BCUT2D eigenvalue weighted by Gasteiger charge is 2.00. The van der Waals surface area contributed by atoms with E-state index < -0.39 is 0 Å². The molecule has 0 saturated heterocycles. The molecule has 0 aromatic carbocycles. The summed E-state index contributed by atoms with van der Waals surface area (Å²) in [5, 5.41) is 1.83. The van der Waals surface area contributed by atoms with Gasteiger partial charge in [-0.05, 0) is 15.9 Å². The molecule has 0 unspecified atom stereocenters. The van der Waals surface area contributed by atoms with Crippen LogP contribution in [-0.2, 0) is 0 Å². The number of thiazole rings is 1. The highest BCUT2D eigenvalue weighted by atomic mass is 79.9. The number of rotatable bonds is 0. The molecular formula is C6H3BrN2OS. The van der Waals surface area contributed by atoms with Crippen LogP contribution in [0.3, 0.4) is 0 Å². The average molecular weight is 231 g/mol. The topological polar surface area (TPSA) is 34.4 Å². The first-order chi connectivity index (χ1) is 5.29. The van der Waals surface area contributed by atoms with Crippen LogP contribution in [0.4, 0.5) is 0 Å². The Morgan fingerprint density at radius 2 is 2.45 bits per heavy atom. The molecular weight excluding hydrogens is 228 g/mol. The molecule has 0 bridgehead atoms. The Morgan fingerprint density at radius 3 is 3.27 bits per heavy atom. The van der Waals surface area contributed by atoms with Crippen LogP contribution in [-0.4, -0.2) is 9.38 Å². The van der Waals surface area contributed by atoms with Gasteiger partial charge in [0.15, 0.2) is 4.96 Å². The van der Waals surface area contributed by atoms with Crippen molar-refractivity contribution in [2.24, 2.45) is 0 Å². The molecule has 3 nitrogen and oxygen atoms in total. The fourth-order valence-electron chi connectivity index (χ4n) is 0.802. The Hall–Kier alpha value is -0.680. The van der Waals surface area contributed by atoms with Crippen molar-refractivity contribution in [1.82, 2.24) is 9.38 Å². The van der Waals surface area contributed by atoms with Gasteiger partial charge in [-0.15, -0.1) is 11.3 Å². The zero-order valence-corrected chi connectivity index (χ0v) is 7.72. The quantitative estimate of drug-likeness (QED) is 0.688. The molecule has 0 spiro atoms. The summed E-state index contributed by atoms with van der Waals surface area (Å²) >= 11 is 4.55. The van der Waals surface area contributed by atoms with Crippen LogP contribution in [0.2, 0.25) is 0 Å². The predicted molar refractivity (Wildman–Crippen MR) is 47.0 cm³/mol. The number of hydrogen-bond donors (Lipinski definition) is 0. The summed E-state index contributed by atoms with van der Waals surface area (Å²) < 4.78 is 2.00. The van der Waals surface area contributed by atoms with Gasteiger partial charge < -0.3 is 0 Å². The lowest BCUT2D eigenvalue weighted by molar-refractivity contribution is 1.06. The van der Waals surface area contributed by atoms with E-state index in [1.807, 2.05) is 5.38 Å². The van der Waals surface area contributed by atoms with Gasteiger partial charge in [-0.1, -0.05) is 0 Å². The molecule has 2 aromatic rings. The molecule has 0 aliphatic rings. The van der Waals surface area contributed by atoms with E-state index >= 15 is 0 Å². The maximum atomic E-state index is 11.3. The molecule has 0 aliphatic carbocycles. The molecule has 56 valence electrons. The monoisotopic (exact) mass is 230 g/mol. The van der Waals surface area contributed by atoms with Crippen molar-refractivity contribution in [2.75, 3.05) is 0 Å². The summed E-state index contributed by atoms with van der Waals surface area (Å²) in [5.74, 6) is 0. The summed E-state index contributed by atoms with van der Waals surface area (Å²) in [7, 11) is 0. The summed E-state index contributed by atoms with van der Waals surface area (Å²) in [6.45, 7) is 0. The van der Waals surface area contributed by atoms with E-state index in [0.29, 0.717) is 4.47 Å². The first kappa shape index (κ1) is 7.00. The number of aromatic nitrogens is 2. The third-order valence-corrected chi connectivity index (χ3v) is 2.62. The summed E-state index contributed by atoms with van der Waals surface area (Å²) in [6, 6.07) is 0. The van der Waals surface area contributed by atoms with Gasteiger partial charge in [0, 0.05) is 17.8 Å². The van der Waals surface area contributed by atoms with Crippen molar-refractivity contribution in [3.63, 3.8) is 0 Å². The van der Waals surface area contributed by atoms with E-state index in [2.05, 4.69) is 20.9 Å². The van der Waals surface area contributed by atoms with Gasteiger partial charge in [0.1, 0.15) is 4.47 Å². The second-order valence-corrected chi connectivity index (χ2v) is 3.69. The Labute approximate surface area is 74.4 Å². The SMILES string of the molecule is O=c1c(Br)cnc2sccn12. The largest absolute Gasteiger partial charge is 0.272 e. The predicted octanol–water partition coefficient (Wildman–Crippen LogP) is 1.52. The highest BCUT2D eigenvalue weighted by Crippen LogP contribution is 2.07. The smallest absolute Gasteiger partial charge is 0.268 e. The van der Waals surface area contributed by atoms with Crippen LogP contribution in [0.1, 0.15) is 0 Å². The molecule has 0 amide bonds. The first-order valence-electron chi connectivity index (χ1n) is 2.89. The Morgan fingerprint density at radius 1 is 1.64 bits per heavy atom. The lowest BCUT2D eigenvalue weighted by Crippen LogP contribution is -2.12. The Kier molecular flexibility index (Phi) is 1.54. The van der Waals surface area contributed by atoms with Crippen LogP contribution >= 0.6 is 27.3 Å². The van der Waals surface area contributed by atoms with Gasteiger partial charge >= 0.3 is 0 Å². The van der Waals surface area contributed by atoms with Gasteiger partial charge in [0.2, 0.25) is 0 Å². The summed E-state index contributed by atoms with van der Waals surface area (Å²) in [4.78, 5) is 16.0. The molecule has 0 saturated carbocycles. The van der Waals surface area contributed by atoms with E-state index in [1.165, 1.54) is 21.9 Å². The molecule has 2 rings (SSSR count). The molecule has 2 heterocycles. The summed E-state index contributed by atoms with van der Waals surface area (Å²) in [5.41, 5.74) is -0.0590. The minimum Gasteiger partial charge on any atom is -0.268 e. The van der Waals surface area contributed by atoms with E-state index in [9.17, 15) is 4.79 Å². The van der Waals surface area contributed by atoms with Crippen molar-refractivity contribution in [3.8, 4) is 0 Å². The van der Waals surface area contributed by atoms with Crippen molar-refractivity contribution in [3.05, 3.63) is 32.6 Å². The van der Waals surface area contributed by atoms with Gasteiger partial charge in [0.05, 0.1) is 0 Å². The molecule has 0 atom stereocenters. The zero-order chi connectivity index (χ0) is 7.84. The van der Waals surface area contributed by atoms with E-state index in [0.717, 1.165) is 4.96 Å². The molecule has 0 aliphatic heterocycles. The van der Waals surface area contributed by atoms with Gasteiger partial charge in [-0.25, -0.2) is 4.98 Å². The molecule has 0 fully saturated rings. The van der Waals surface area contributed by atoms with E-state index in [-0.39, 0.29) is 5.56 Å². The molecule has 5 heteroatoms. The third-order valence-electron chi connectivity index (χ3n) is 1.30. The van der Waals surface area contributed by atoms with Crippen molar-refractivity contribution < 1.29 is 0 Å². The second kappa shape index (κ2) is 2.42. The van der Waals surface area contributed by atoms with Crippen molar-refractivity contribution >= 4 is 32.2 Å². The van der Waals surface area contributed by atoms with Crippen LogP contribution in [0.25, 0.3) is 4.96 Å². The van der Waals surface area contributed by atoms with Gasteiger partial charge in [-0.3, -0.25) is 9.20 Å². The minimum absolute atomic E-state index is 0.0590. The fourth-order valence-corrected chi connectivity index (χ4v) is 1.77. The zero-order valence-electron chi connectivity index (χ0n) is 5.32. The number of fused-ring (bicyclic) bond motifs is 1. The van der Waals surface area contributed by atoms with E-state index in [1.54, 1.807) is 6.20 Å². The van der Waals surface area contributed by atoms with Crippen LogP contribution in [0.15, 0.2) is 27.0 Å². The number of nitrogens with zero attached hydrogens (tertiary/aromatic N) is 2. The Balaban J connectivity index is 3.05. The van der Waals surface area contributed by atoms with Crippen LogP contribution < -0.4 is 5.56 Å². The standard InChI is InChI=1S/C6H3BrN2OS/c7-4-3-8-6-9(5(4)10)1-2-11-6/h1-3H. The summed E-state index contributed by atoms with van der Waals surface area (Å²) in [6.07, 6.45) is 3.23. The number of halogens is 1. The fraction of sp³-hybridized carbons (Fsp3) is 0. The van der Waals surface area contributed by atoms with Crippen molar-refractivity contribution in [1.29, 1.82) is 0 Å². The lowest BCUT2D eigenvalue weighted by Gasteiger charge is -1.90. The second-order valence-electron chi connectivity index (χ2n) is 1.97. The molecule has 11 heavy (non-hydrogen) atoms. The highest BCUT2D eigenvalue weighted by molar-refractivity contribution is 9.10. The molecule has 0 radical (unpaired) electrons. The maximum Gasteiger partial charge on any atom is 0.272 e. The van der Waals surface area contributed by atoms with Crippen LogP contribution in [0, 0.1) is 0 Å². The van der Waals surface area contributed by atoms with Crippen molar-refractivity contribution in [2.45, 2.75) is 0 Å². The molecule has 2 aromatic heterocycles. The van der Waals surface area contributed by atoms with Gasteiger partial charge in [-0.2, -0.15) is 0 Å². The first-order valence-corrected chi connectivity index (χ1v) is 4.56. The Bertz CT molecular complexity index is 447.